The van der Waals surface area contributed by atoms with E-state index in [1.165, 1.54) is 11.8 Å². The van der Waals surface area contributed by atoms with Gasteiger partial charge in [-0.15, -0.1) is 0 Å². The second kappa shape index (κ2) is 6.30. The van der Waals surface area contributed by atoms with Crippen molar-refractivity contribution in [1.29, 1.82) is 0 Å². The lowest BCUT2D eigenvalue weighted by atomic mass is 10.4. The molecular weight excluding hydrogens is 246 g/mol. The van der Waals surface area contributed by atoms with Crippen LogP contribution in [0, 0.1) is 6.92 Å². The molecule has 2 heterocycles. The van der Waals surface area contributed by atoms with Gasteiger partial charge in [0.15, 0.2) is 0 Å². The largest absolute Gasteiger partial charge is 0.354 e. The van der Waals surface area contributed by atoms with E-state index in [-0.39, 0.29) is 0 Å². The molecule has 0 aliphatic heterocycles. The number of aromatic nitrogens is 4. The Morgan fingerprint density at radius 2 is 2.11 bits per heavy atom. The van der Waals surface area contributed by atoms with Crippen molar-refractivity contribution in [2.75, 3.05) is 11.9 Å². The van der Waals surface area contributed by atoms with E-state index in [0.29, 0.717) is 5.95 Å². The van der Waals surface area contributed by atoms with E-state index >= 15 is 0 Å². The summed E-state index contributed by atoms with van der Waals surface area (Å²) in [5.41, 5.74) is 0.940. The van der Waals surface area contributed by atoms with Crippen LogP contribution in [-0.4, -0.2) is 26.5 Å². The second-order valence-electron chi connectivity index (χ2n) is 3.74. The normalized spacial score (nSPS) is 10.3. The first-order valence-electron chi connectivity index (χ1n) is 5.81. The minimum atomic E-state index is 0.670. The van der Waals surface area contributed by atoms with Crippen molar-refractivity contribution in [3.63, 3.8) is 0 Å². The van der Waals surface area contributed by atoms with Gasteiger partial charge in [-0.2, -0.15) is 0 Å². The highest BCUT2D eigenvalue weighted by atomic mass is 32.2. The number of hydrogen-bond donors (Lipinski definition) is 1. The van der Waals surface area contributed by atoms with Gasteiger partial charge in [-0.25, -0.2) is 15.0 Å². The highest BCUT2D eigenvalue weighted by Gasteiger charge is 2.04. The summed E-state index contributed by atoms with van der Waals surface area (Å²) in [5, 5.41) is 4.90. The Balaban J connectivity index is 2.15. The monoisotopic (exact) mass is 261 g/mol. The average molecular weight is 261 g/mol. The third kappa shape index (κ3) is 3.66. The minimum absolute atomic E-state index is 0.670. The molecule has 0 aliphatic carbocycles. The van der Waals surface area contributed by atoms with E-state index < -0.39 is 0 Å². The summed E-state index contributed by atoms with van der Waals surface area (Å²) < 4.78 is 0. The molecule has 0 saturated carbocycles. The molecule has 1 N–H and O–H groups in total. The maximum Gasteiger partial charge on any atom is 0.223 e. The first-order chi connectivity index (χ1) is 8.78. The maximum absolute atomic E-state index is 4.44. The molecule has 0 spiro atoms. The van der Waals surface area contributed by atoms with Gasteiger partial charge in [0, 0.05) is 24.6 Å². The lowest BCUT2D eigenvalue weighted by Gasteiger charge is -2.06. The summed E-state index contributed by atoms with van der Waals surface area (Å²) in [6, 6.07) is 1.94. The molecule has 2 aromatic rings. The van der Waals surface area contributed by atoms with Gasteiger partial charge in [0.2, 0.25) is 5.95 Å². The fourth-order valence-electron chi connectivity index (χ4n) is 1.35. The third-order valence-electron chi connectivity index (χ3n) is 2.11. The summed E-state index contributed by atoms with van der Waals surface area (Å²) in [5.74, 6) is 0.670. The van der Waals surface area contributed by atoms with Gasteiger partial charge < -0.3 is 5.32 Å². The molecule has 0 atom stereocenters. The molecule has 0 radical (unpaired) electrons. The van der Waals surface area contributed by atoms with Gasteiger partial charge in [0.05, 0.1) is 6.20 Å². The minimum Gasteiger partial charge on any atom is -0.354 e. The third-order valence-corrected chi connectivity index (χ3v) is 2.95. The van der Waals surface area contributed by atoms with E-state index in [9.17, 15) is 0 Å². The molecule has 0 fully saturated rings. The van der Waals surface area contributed by atoms with Gasteiger partial charge in [-0.1, -0.05) is 6.92 Å². The molecule has 0 saturated heterocycles. The van der Waals surface area contributed by atoms with Crippen LogP contribution in [0.1, 0.15) is 19.0 Å². The number of rotatable bonds is 5. The predicted octanol–water partition coefficient (Wildman–Crippen LogP) is 2.55. The van der Waals surface area contributed by atoms with Gasteiger partial charge >= 0.3 is 0 Å². The molecule has 5 nitrogen and oxygen atoms in total. The number of hydrogen-bond acceptors (Lipinski definition) is 6. The van der Waals surface area contributed by atoms with Crippen LogP contribution in [0.25, 0.3) is 0 Å². The lowest BCUT2D eigenvalue weighted by Crippen LogP contribution is -2.05. The van der Waals surface area contributed by atoms with Crippen LogP contribution in [-0.2, 0) is 0 Å². The smallest absolute Gasteiger partial charge is 0.223 e. The first-order valence-corrected chi connectivity index (χ1v) is 6.63. The summed E-state index contributed by atoms with van der Waals surface area (Å²) in [4.78, 5) is 17.0. The van der Waals surface area contributed by atoms with Gasteiger partial charge in [0.1, 0.15) is 10.1 Å². The highest BCUT2D eigenvalue weighted by molar-refractivity contribution is 7.99. The number of anilines is 1. The van der Waals surface area contributed by atoms with Crippen LogP contribution >= 0.6 is 11.8 Å². The van der Waals surface area contributed by atoms with Crippen LogP contribution in [0.4, 0.5) is 5.95 Å². The van der Waals surface area contributed by atoms with Gasteiger partial charge in [0.25, 0.3) is 0 Å². The van der Waals surface area contributed by atoms with Gasteiger partial charge in [-0.3, -0.25) is 4.98 Å². The Bertz CT molecular complexity index is 503. The first kappa shape index (κ1) is 12.8. The lowest BCUT2D eigenvalue weighted by molar-refractivity contribution is 0.923. The summed E-state index contributed by atoms with van der Waals surface area (Å²) in [6.45, 7) is 4.94. The quantitative estimate of drug-likeness (QED) is 0.834. The fraction of sp³-hybridized carbons (Fsp3) is 0.333. The molecular formula is C12H15N5S. The predicted molar refractivity (Wildman–Crippen MR) is 71.7 cm³/mol. The van der Waals surface area contributed by atoms with Crippen molar-refractivity contribution >= 4 is 17.7 Å². The molecule has 0 aliphatic rings. The summed E-state index contributed by atoms with van der Waals surface area (Å²) >= 11 is 1.48. The number of nitrogens with one attached hydrogen (secondary N) is 1. The van der Waals surface area contributed by atoms with Crippen LogP contribution in [0.3, 0.4) is 0 Å². The Labute approximate surface area is 110 Å². The zero-order chi connectivity index (χ0) is 12.8. The SMILES string of the molecule is CCCNc1nc(C)cc(Sc2cnccn2)n1. The van der Waals surface area contributed by atoms with Crippen LogP contribution in [0.15, 0.2) is 34.7 Å². The molecule has 2 rings (SSSR count). The van der Waals surface area contributed by atoms with Crippen molar-refractivity contribution in [2.24, 2.45) is 0 Å². The number of aryl methyl sites for hydroxylation is 1. The van der Waals surface area contributed by atoms with E-state index in [1.807, 2.05) is 13.0 Å². The van der Waals surface area contributed by atoms with E-state index in [0.717, 1.165) is 28.7 Å². The summed E-state index contributed by atoms with van der Waals surface area (Å²) in [6.07, 6.45) is 6.10. The standard InChI is InChI=1S/C12H15N5S/c1-3-4-15-12-16-9(2)7-10(17-12)18-11-8-13-5-6-14-11/h5-8H,3-4H2,1-2H3,(H,15,16,17). The van der Waals surface area contributed by atoms with Crippen molar-refractivity contribution in [3.05, 3.63) is 30.4 Å². The fourth-order valence-corrected chi connectivity index (χ4v) is 2.16. The van der Waals surface area contributed by atoms with Crippen molar-refractivity contribution in [1.82, 2.24) is 19.9 Å². The molecule has 0 bridgehead atoms. The van der Waals surface area contributed by atoms with E-state index in [4.69, 9.17) is 0 Å². The van der Waals surface area contributed by atoms with Crippen molar-refractivity contribution in [2.45, 2.75) is 30.3 Å². The van der Waals surface area contributed by atoms with Crippen molar-refractivity contribution < 1.29 is 0 Å². The molecule has 6 heteroatoms. The van der Waals surface area contributed by atoms with Crippen molar-refractivity contribution in [3.8, 4) is 0 Å². The van der Waals surface area contributed by atoms with Crippen LogP contribution in [0.5, 0.6) is 0 Å². The molecule has 18 heavy (non-hydrogen) atoms. The topological polar surface area (TPSA) is 63.6 Å². The van der Waals surface area contributed by atoms with Crippen LogP contribution in [0.2, 0.25) is 0 Å². The van der Waals surface area contributed by atoms with E-state index in [2.05, 4.69) is 32.2 Å². The molecule has 94 valence electrons. The van der Waals surface area contributed by atoms with E-state index in [1.54, 1.807) is 18.6 Å². The zero-order valence-electron chi connectivity index (χ0n) is 10.4. The molecule has 0 aromatic carbocycles. The summed E-state index contributed by atoms with van der Waals surface area (Å²) in [7, 11) is 0. The zero-order valence-corrected chi connectivity index (χ0v) is 11.2. The number of nitrogens with zero attached hydrogens (tertiary/aromatic N) is 4. The highest BCUT2D eigenvalue weighted by Crippen LogP contribution is 2.24. The Morgan fingerprint density at radius 3 is 2.83 bits per heavy atom. The Hall–Kier alpha value is -1.69. The van der Waals surface area contributed by atoms with Gasteiger partial charge in [-0.05, 0) is 31.2 Å². The maximum atomic E-state index is 4.44. The second-order valence-corrected chi connectivity index (χ2v) is 4.78. The Morgan fingerprint density at radius 1 is 1.22 bits per heavy atom. The average Bonchev–Trinajstić information content (AvgIpc) is 2.37. The molecule has 2 aromatic heterocycles. The molecule has 0 unspecified atom stereocenters. The van der Waals surface area contributed by atoms with Crippen LogP contribution < -0.4 is 5.32 Å². The molecule has 0 amide bonds. The Kier molecular flexibility index (Phi) is 4.46.